The number of methoxy groups -OCH3 is 1. The summed E-state index contributed by atoms with van der Waals surface area (Å²) in [4.78, 5) is 34.1. The van der Waals surface area contributed by atoms with Crippen LogP contribution in [0.4, 0.5) is 5.69 Å². The molecule has 7 nitrogen and oxygen atoms in total. The summed E-state index contributed by atoms with van der Waals surface area (Å²) >= 11 is 0. The predicted octanol–water partition coefficient (Wildman–Crippen LogP) is 2.74. The molecular weight excluding hydrogens is 326 g/mol. The van der Waals surface area contributed by atoms with E-state index in [-0.39, 0.29) is 16.8 Å². The smallest absolute Gasteiger partial charge is 0.335 e. The Morgan fingerprint density at radius 2 is 1.60 bits per heavy atom. The fraction of sp³-hybridized carbons (Fsp3) is 0.0556. The fourth-order valence-electron chi connectivity index (χ4n) is 2.10. The van der Waals surface area contributed by atoms with Gasteiger partial charge in [0.05, 0.1) is 18.2 Å². The van der Waals surface area contributed by atoms with Gasteiger partial charge in [-0.2, -0.15) is 0 Å². The molecule has 2 aromatic rings. The summed E-state index contributed by atoms with van der Waals surface area (Å²) in [6, 6.07) is 10.5. The van der Waals surface area contributed by atoms with Gasteiger partial charge in [0.15, 0.2) is 0 Å². The van der Waals surface area contributed by atoms with E-state index in [2.05, 4.69) is 5.32 Å². The highest BCUT2D eigenvalue weighted by Gasteiger charge is 2.12. The summed E-state index contributed by atoms with van der Waals surface area (Å²) in [6.07, 6.45) is 2.78. The van der Waals surface area contributed by atoms with Gasteiger partial charge in [-0.05, 0) is 30.3 Å². The molecule has 0 aromatic heterocycles. The van der Waals surface area contributed by atoms with Gasteiger partial charge < -0.3 is 20.3 Å². The van der Waals surface area contributed by atoms with Crippen molar-refractivity contribution in [1.29, 1.82) is 0 Å². The van der Waals surface area contributed by atoms with E-state index in [0.717, 1.165) is 6.07 Å². The molecule has 0 saturated heterocycles. The molecule has 0 bridgehead atoms. The highest BCUT2D eigenvalue weighted by atomic mass is 16.5. The number of benzene rings is 2. The minimum atomic E-state index is -1.29. The number of carboxylic acids is 2. The Kier molecular flexibility index (Phi) is 5.52. The Balaban J connectivity index is 2.21. The largest absolute Gasteiger partial charge is 0.496 e. The number of anilines is 1. The van der Waals surface area contributed by atoms with Crippen LogP contribution in [0, 0.1) is 0 Å². The van der Waals surface area contributed by atoms with Crippen molar-refractivity contribution in [3.05, 3.63) is 65.2 Å². The molecule has 0 heterocycles. The number of para-hydroxylation sites is 1. The molecule has 25 heavy (non-hydrogen) atoms. The van der Waals surface area contributed by atoms with E-state index in [0.29, 0.717) is 11.3 Å². The van der Waals surface area contributed by atoms with Crippen LogP contribution in [0.2, 0.25) is 0 Å². The Labute approximate surface area is 143 Å². The second-order valence-corrected chi connectivity index (χ2v) is 4.97. The lowest BCUT2D eigenvalue weighted by atomic mass is 10.1. The number of ether oxygens (including phenoxy) is 1. The summed E-state index contributed by atoms with van der Waals surface area (Å²) < 4.78 is 5.17. The normalized spacial score (nSPS) is 10.4. The molecule has 0 aliphatic heterocycles. The van der Waals surface area contributed by atoms with Crippen LogP contribution in [-0.2, 0) is 4.79 Å². The van der Waals surface area contributed by atoms with Crippen molar-refractivity contribution < 1.29 is 29.3 Å². The van der Waals surface area contributed by atoms with Crippen molar-refractivity contribution in [2.75, 3.05) is 12.4 Å². The molecule has 7 heteroatoms. The molecular formula is C18H15NO6. The van der Waals surface area contributed by atoms with Crippen molar-refractivity contribution >= 4 is 29.6 Å². The van der Waals surface area contributed by atoms with E-state index in [1.54, 1.807) is 24.3 Å². The number of amides is 1. The molecule has 0 unspecified atom stereocenters. The number of rotatable bonds is 6. The lowest BCUT2D eigenvalue weighted by Gasteiger charge is -2.06. The van der Waals surface area contributed by atoms with Crippen LogP contribution in [0.25, 0.3) is 6.08 Å². The molecule has 0 aliphatic carbocycles. The molecule has 2 aromatic carbocycles. The minimum Gasteiger partial charge on any atom is -0.496 e. The molecule has 0 aliphatic rings. The summed E-state index contributed by atoms with van der Waals surface area (Å²) in [5, 5.41) is 20.5. The van der Waals surface area contributed by atoms with E-state index < -0.39 is 17.8 Å². The highest BCUT2D eigenvalue weighted by molar-refractivity contribution is 6.04. The van der Waals surface area contributed by atoms with Crippen LogP contribution in [0.1, 0.15) is 26.3 Å². The lowest BCUT2D eigenvalue weighted by Crippen LogP contribution is -2.10. The average Bonchev–Trinajstić information content (AvgIpc) is 2.59. The van der Waals surface area contributed by atoms with Gasteiger partial charge >= 0.3 is 11.9 Å². The summed E-state index contributed by atoms with van der Waals surface area (Å²) in [6.45, 7) is 0. The van der Waals surface area contributed by atoms with Gasteiger partial charge in [0.25, 0.3) is 0 Å². The first-order valence-corrected chi connectivity index (χ1v) is 7.14. The molecule has 2 rings (SSSR count). The van der Waals surface area contributed by atoms with E-state index in [1.165, 1.54) is 31.4 Å². The SMILES string of the molecule is COc1ccccc1/C=C/C(=O)Nc1cc(C(=O)O)cc(C(=O)O)c1. The standard InChI is InChI=1S/C18H15NO6/c1-25-15-5-3-2-4-11(15)6-7-16(20)19-14-9-12(17(21)22)8-13(10-14)18(23)24/h2-10H,1H3,(H,19,20)(H,21,22)(H,23,24)/b7-6+. The number of hydrogen-bond donors (Lipinski definition) is 3. The van der Waals surface area contributed by atoms with Crippen LogP contribution < -0.4 is 10.1 Å². The number of hydrogen-bond acceptors (Lipinski definition) is 4. The third-order valence-electron chi connectivity index (χ3n) is 3.25. The minimum absolute atomic E-state index is 0.0759. The number of aromatic carboxylic acids is 2. The maximum absolute atomic E-state index is 12.0. The van der Waals surface area contributed by atoms with Gasteiger partial charge in [-0.3, -0.25) is 4.79 Å². The van der Waals surface area contributed by atoms with Gasteiger partial charge in [-0.15, -0.1) is 0 Å². The Hall–Kier alpha value is -3.61. The molecule has 0 radical (unpaired) electrons. The first-order valence-electron chi connectivity index (χ1n) is 7.14. The first kappa shape index (κ1) is 17.7. The Morgan fingerprint density at radius 1 is 1.00 bits per heavy atom. The van der Waals surface area contributed by atoms with Crippen LogP contribution in [-0.4, -0.2) is 35.2 Å². The first-order chi connectivity index (χ1) is 11.9. The average molecular weight is 341 g/mol. The lowest BCUT2D eigenvalue weighted by molar-refractivity contribution is -0.111. The molecule has 0 atom stereocenters. The van der Waals surface area contributed by atoms with E-state index >= 15 is 0 Å². The molecule has 128 valence electrons. The van der Waals surface area contributed by atoms with Crippen molar-refractivity contribution in [1.82, 2.24) is 0 Å². The summed E-state index contributed by atoms with van der Waals surface area (Å²) in [7, 11) is 1.51. The molecule has 1 amide bonds. The van der Waals surface area contributed by atoms with Gasteiger partial charge in [0, 0.05) is 17.3 Å². The van der Waals surface area contributed by atoms with Crippen LogP contribution in [0.3, 0.4) is 0 Å². The highest BCUT2D eigenvalue weighted by Crippen LogP contribution is 2.19. The zero-order valence-electron chi connectivity index (χ0n) is 13.2. The van der Waals surface area contributed by atoms with Gasteiger partial charge in [0.2, 0.25) is 5.91 Å². The number of carbonyl (C=O) groups is 3. The molecule has 0 spiro atoms. The second kappa shape index (κ2) is 7.78. The van der Waals surface area contributed by atoms with Crippen molar-refractivity contribution in [2.24, 2.45) is 0 Å². The van der Waals surface area contributed by atoms with Crippen molar-refractivity contribution in [3.8, 4) is 5.75 Å². The van der Waals surface area contributed by atoms with E-state index in [4.69, 9.17) is 14.9 Å². The van der Waals surface area contributed by atoms with E-state index in [1.807, 2.05) is 0 Å². The Bertz CT molecular complexity index is 824. The molecule has 3 N–H and O–H groups in total. The maximum atomic E-state index is 12.0. The Morgan fingerprint density at radius 3 is 2.16 bits per heavy atom. The van der Waals surface area contributed by atoms with Crippen LogP contribution >= 0.6 is 0 Å². The third-order valence-corrected chi connectivity index (χ3v) is 3.25. The quantitative estimate of drug-likeness (QED) is 0.696. The molecule has 0 fully saturated rings. The monoisotopic (exact) mass is 341 g/mol. The van der Waals surface area contributed by atoms with Crippen LogP contribution in [0.15, 0.2) is 48.5 Å². The van der Waals surface area contributed by atoms with Gasteiger partial charge in [0.1, 0.15) is 5.75 Å². The number of nitrogens with one attached hydrogen (secondary N) is 1. The second-order valence-electron chi connectivity index (χ2n) is 4.97. The number of carboxylic acid groups (broad SMARTS) is 2. The summed E-state index contributed by atoms with van der Waals surface area (Å²) in [5.74, 6) is -2.52. The van der Waals surface area contributed by atoms with Gasteiger partial charge in [-0.25, -0.2) is 9.59 Å². The third kappa shape index (κ3) is 4.68. The zero-order valence-corrected chi connectivity index (χ0v) is 13.2. The fourth-order valence-corrected chi connectivity index (χ4v) is 2.10. The molecule has 0 saturated carbocycles. The topological polar surface area (TPSA) is 113 Å². The van der Waals surface area contributed by atoms with Gasteiger partial charge in [-0.1, -0.05) is 18.2 Å². The summed E-state index contributed by atoms with van der Waals surface area (Å²) in [5.41, 5.74) is 0.297. The van der Waals surface area contributed by atoms with E-state index in [9.17, 15) is 14.4 Å². The maximum Gasteiger partial charge on any atom is 0.335 e. The number of carbonyl (C=O) groups excluding carboxylic acids is 1. The zero-order chi connectivity index (χ0) is 18.4. The van der Waals surface area contributed by atoms with Crippen LogP contribution in [0.5, 0.6) is 5.75 Å². The predicted molar refractivity (Wildman–Crippen MR) is 91.0 cm³/mol. The van der Waals surface area contributed by atoms with Crippen molar-refractivity contribution in [2.45, 2.75) is 0 Å². The van der Waals surface area contributed by atoms with Crippen molar-refractivity contribution in [3.63, 3.8) is 0 Å².